The predicted molar refractivity (Wildman–Crippen MR) is 199 cm³/mol. The minimum Gasteiger partial charge on any atom is -0.436 e. The maximum atomic E-state index is 6.23. The molecule has 0 bridgehead atoms. The predicted octanol–water partition coefficient (Wildman–Crippen LogP) is 12.0. The highest BCUT2D eigenvalue weighted by molar-refractivity contribution is 6.09. The van der Waals surface area contributed by atoms with E-state index in [9.17, 15) is 0 Å². The number of aryl methyl sites for hydroxylation is 1. The molecule has 48 heavy (non-hydrogen) atoms. The average molecular weight is 618 g/mol. The summed E-state index contributed by atoms with van der Waals surface area (Å²) in [4.78, 5) is 7.16. The first-order valence-electron chi connectivity index (χ1n) is 16.2. The Morgan fingerprint density at radius 1 is 0.521 bits per heavy atom. The lowest BCUT2D eigenvalue weighted by atomic mass is 10.0. The van der Waals surface area contributed by atoms with Crippen molar-refractivity contribution in [1.82, 2.24) is 9.55 Å². The number of hydrogen-bond acceptors (Lipinski definition) is 3. The summed E-state index contributed by atoms with van der Waals surface area (Å²) in [6.07, 6.45) is 0. The van der Waals surface area contributed by atoms with E-state index in [4.69, 9.17) is 9.40 Å². The second-order valence-corrected chi connectivity index (χ2v) is 12.1. The standard InChI is InChI=1S/C44H31N3O/c1-30-11-5-6-14-37(30)32-21-28-43-40(29-32)45-44(48-43)31-19-22-34(23-20-31)46(33-12-3-2-4-13-33)35-24-26-36(27-25-35)47-41-17-9-7-15-38(41)39-16-8-10-18-42(39)47/h2-29H,1H3. The first-order chi connectivity index (χ1) is 23.7. The van der Waals surface area contributed by atoms with Crippen LogP contribution in [0.1, 0.15) is 5.56 Å². The van der Waals surface area contributed by atoms with Gasteiger partial charge in [0.15, 0.2) is 5.58 Å². The largest absolute Gasteiger partial charge is 0.436 e. The normalized spacial score (nSPS) is 11.4. The first-order valence-corrected chi connectivity index (χ1v) is 16.2. The van der Waals surface area contributed by atoms with Gasteiger partial charge in [-0.2, -0.15) is 0 Å². The number of aromatic nitrogens is 2. The summed E-state index contributed by atoms with van der Waals surface area (Å²) in [5.41, 5.74) is 12.9. The fourth-order valence-electron chi connectivity index (χ4n) is 6.84. The maximum absolute atomic E-state index is 6.23. The van der Waals surface area contributed by atoms with Gasteiger partial charge < -0.3 is 13.9 Å². The summed E-state index contributed by atoms with van der Waals surface area (Å²) in [6.45, 7) is 2.13. The highest BCUT2D eigenvalue weighted by Crippen LogP contribution is 2.38. The lowest BCUT2D eigenvalue weighted by Gasteiger charge is -2.26. The Balaban J connectivity index is 1.07. The molecular weight excluding hydrogens is 587 g/mol. The number of benzene rings is 7. The summed E-state index contributed by atoms with van der Waals surface area (Å²) in [7, 11) is 0. The third-order valence-electron chi connectivity index (χ3n) is 9.18. The molecule has 9 rings (SSSR count). The van der Waals surface area contributed by atoms with Crippen LogP contribution in [-0.4, -0.2) is 9.55 Å². The number of fused-ring (bicyclic) bond motifs is 4. The van der Waals surface area contributed by atoms with E-state index in [-0.39, 0.29) is 0 Å². The Morgan fingerprint density at radius 2 is 1.08 bits per heavy atom. The Bertz CT molecular complexity index is 2510. The number of para-hydroxylation sites is 3. The van der Waals surface area contributed by atoms with E-state index >= 15 is 0 Å². The van der Waals surface area contributed by atoms with E-state index < -0.39 is 0 Å². The molecule has 7 aromatic carbocycles. The zero-order valence-electron chi connectivity index (χ0n) is 26.4. The van der Waals surface area contributed by atoms with Crippen LogP contribution in [0, 0.1) is 6.92 Å². The monoisotopic (exact) mass is 617 g/mol. The zero-order chi connectivity index (χ0) is 32.0. The molecule has 2 aromatic heterocycles. The van der Waals surface area contributed by atoms with Gasteiger partial charge in [0.25, 0.3) is 0 Å². The summed E-state index contributed by atoms with van der Waals surface area (Å²) in [5, 5.41) is 2.52. The highest BCUT2D eigenvalue weighted by Gasteiger charge is 2.16. The number of rotatable bonds is 6. The molecule has 0 amide bonds. The molecule has 0 spiro atoms. The quantitative estimate of drug-likeness (QED) is 0.186. The number of oxazole rings is 1. The molecule has 4 heteroatoms. The molecule has 0 unspecified atom stereocenters. The lowest BCUT2D eigenvalue weighted by molar-refractivity contribution is 0.620. The van der Waals surface area contributed by atoms with Crippen molar-refractivity contribution in [2.24, 2.45) is 0 Å². The van der Waals surface area contributed by atoms with Crippen molar-refractivity contribution in [3.05, 3.63) is 175 Å². The van der Waals surface area contributed by atoms with Crippen molar-refractivity contribution in [2.45, 2.75) is 6.92 Å². The zero-order valence-corrected chi connectivity index (χ0v) is 26.4. The third-order valence-corrected chi connectivity index (χ3v) is 9.18. The van der Waals surface area contributed by atoms with Gasteiger partial charge in [0.1, 0.15) is 5.52 Å². The molecule has 0 fully saturated rings. The van der Waals surface area contributed by atoms with Gasteiger partial charge in [-0.1, -0.05) is 84.9 Å². The van der Waals surface area contributed by atoms with Crippen LogP contribution in [0.4, 0.5) is 17.1 Å². The number of hydrogen-bond donors (Lipinski definition) is 0. The maximum Gasteiger partial charge on any atom is 0.227 e. The smallest absolute Gasteiger partial charge is 0.227 e. The second kappa shape index (κ2) is 11.4. The minimum absolute atomic E-state index is 0.611. The van der Waals surface area contributed by atoms with Crippen LogP contribution in [0.25, 0.3) is 61.2 Å². The van der Waals surface area contributed by atoms with Crippen LogP contribution in [0.2, 0.25) is 0 Å². The van der Waals surface area contributed by atoms with Gasteiger partial charge >= 0.3 is 0 Å². The van der Waals surface area contributed by atoms with Crippen molar-refractivity contribution in [1.29, 1.82) is 0 Å². The number of nitrogens with zero attached hydrogens (tertiary/aromatic N) is 3. The molecule has 0 radical (unpaired) electrons. The van der Waals surface area contributed by atoms with Crippen molar-refractivity contribution < 1.29 is 4.42 Å². The lowest BCUT2D eigenvalue weighted by Crippen LogP contribution is -2.10. The van der Waals surface area contributed by atoms with Crippen LogP contribution < -0.4 is 4.90 Å². The fraction of sp³-hybridized carbons (Fsp3) is 0.0227. The molecule has 4 nitrogen and oxygen atoms in total. The highest BCUT2D eigenvalue weighted by atomic mass is 16.3. The second-order valence-electron chi connectivity index (χ2n) is 12.1. The van der Waals surface area contributed by atoms with Gasteiger partial charge in [-0.25, -0.2) is 4.98 Å². The molecule has 9 aromatic rings. The molecule has 0 N–H and O–H groups in total. The molecule has 0 aliphatic carbocycles. The van der Waals surface area contributed by atoms with Crippen LogP contribution >= 0.6 is 0 Å². The van der Waals surface area contributed by atoms with Crippen molar-refractivity contribution >= 4 is 50.0 Å². The molecule has 0 saturated heterocycles. The molecular formula is C44H31N3O. The van der Waals surface area contributed by atoms with Gasteiger partial charge in [-0.05, 0) is 109 Å². The molecule has 0 aliphatic rings. The van der Waals surface area contributed by atoms with Gasteiger partial charge in [0.2, 0.25) is 5.89 Å². The minimum atomic E-state index is 0.611. The third kappa shape index (κ3) is 4.74. The van der Waals surface area contributed by atoms with E-state index in [0.29, 0.717) is 5.89 Å². The van der Waals surface area contributed by atoms with Crippen LogP contribution in [-0.2, 0) is 0 Å². The van der Waals surface area contributed by atoms with E-state index in [1.165, 1.54) is 32.9 Å². The topological polar surface area (TPSA) is 34.2 Å². The van der Waals surface area contributed by atoms with Crippen LogP contribution in [0.15, 0.2) is 174 Å². The van der Waals surface area contributed by atoms with E-state index in [1.54, 1.807) is 0 Å². The Labute approximate surface area is 278 Å². The van der Waals surface area contributed by atoms with Gasteiger partial charge in [0.05, 0.1) is 11.0 Å². The molecule has 0 aliphatic heterocycles. The van der Waals surface area contributed by atoms with Gasteiger partial charge in [0, 0.05) is 39.1 Å². The van der Waals surface area contributed by atoms with Crippen LogP contribution in [0.5, 0.6) is 0 Å². The molecule has 0 saturated carbocycles. The van der Waals surface area contributed by atoms with Gasteiger partial charge in [-0.3, -0.25) is 0 Å². The number of anilines is 3. The summed E-state index contributed by atoms with van der Waals surface area (Å²) < 4.78 is 8.57. The fourth-order valence-corrected chi connectivity index (χ4v) is 6.84. The van der Waals surface area contributed by atoms with Crippen molar-refractivity contribution in [3.63, 3.8) is 0 Å². The summed E-state index contributed by atoms with van der Waals surface area (Å²) in [6, 6.07) is 59.6. The van der Waals surface area contributed by atoms with Crippen molar-refractivity contribution in [3.8, 4) is 28.3 Å². The summed E-state index contributed by atoms with van der Waals surface area (Å²) in [5.74, 6) is 0.611. The molecule has 228 valence electrons. The SMILES string of the molecule is Cc1ccccc1-c1ccc2oc(-c3ccc(N(c4ccccc4)c4ccc(-n5c6ccccc6c6ccccc65)cc4)cc3)nc2c1. The molecule has 0 atom stereocenters. The van der Waals surface area contributed by atoms with Gasteiger partial charge in [-0.15, -0.1) is 0 Å². The van der Waals surface area contributed by atoms with E-state index in [1.807, 2.05) is 12.1 Å². The Hall–Kier alpha value is -6.39. The Morgan fingerprint density at radius 3 is 1.77 bits per heavy atom. The van der Waals surface area contributed by atoms with E-state index in [0.717, 1.165) is 45.0 Å². The first kappa shape index (κ1) is 27.9. The average Bonchev–Trinajstić information content (AvgIpc) is 3.72. The van der Waals surface area contributed by atoms with Crippen molar-refractivity contribution in [2.75, 3.05) is 4.90 Å². The Kier molecular flexibility index (Phi) is 6.65. The van der Waals surface area contributed by atoms with Crippen LogP contribution in [0.3, 0.4) is 0 Å². The summed E-state index contributed by atoms with van der Waals surface area (Å²) >= 11 is 0. The molecule has 2 heterocycles. The van der Waals surface area contributed by atoms with E-state index in [2.05, 4.69) is 174 Å².